The first kappa shape index (κ1) is 21.8. The zero-order chi connectivity index (χ0) is 23.5. The Labute approximate surface area is 186 Å². The Morgan fingerprint density at radius 1 is 1.03 bits per heavy atom. The van der Waals surface area contributed by atoms with E-state index < -0.39 is 22.4 Å². The first-order valence-electron chi connectivity index (χ1n) is 9.82. The molecule has 0 atom stereocenters. The minimum absolute atomic E-state index is 0.0883. The highest BCUT2D eigenvalue weighted by molar-refractivity contribution is 5.84. The second-order valence-corrected chi connectivity index (χ2v) is 7.16. The fourth-order valence-electron chi connectivity index (χ4n) is 3.39. The van der Waals surface area contributed by atoms with E-state index in [9.17, 15) is 24.1 Å². The molecule has 0 bridgehead atoms. The summed E-state index contributed by atoms with van der Waals surface area (Å²) in [7, 11) is 1.47. The molecule has 1 aromatic heterocycles. The van der Waals surface area contributed by atoms with Crippen molar-refractivity contribution < 1.29 is 23.6 Å². The number of nitrogens with zero attached hydrogens (tertiary/aromatic N) is 3. The molecular weight excluding hydrogens is 433 g/mol. The Kier molecular flexibility index (Phi) is 5.90. The van der Waals surface area contributed by atoms with Gasteiger partial charge in [0.15, 0.2) is 0 Å². The van der Waals surface area contributed by atoms with E-state index in [1.165, 1.54) is 54.3 Å². The monoisotopic (exact) mass is 451 g/mol. The highest BCUT2D eigenvalue weighted by Gasteiger charge is 2.21. The number of benzene rings is 3. The summed E-state index contributed by atoms with van der Waals surface area (Å²) in [4.78, 5) is 36.3. The lowest BCUT2D eigenvalue weighted by Crippen LogP contribution is -2.31. The summed E-state index contributed by atoms with van der Waals surface area (Å²) < 4.78 is 26.1. The van der Waals surface area contributed by atoms with Gasteiger partial charge in [-0.25, -0.2) is 9.18 Å². The Bertz CT molecular complexity index is 1390. The Morgan fingerprint density at radius 2 is 1.70 bits per heavy atom. The molecule has 0 aliphatic rings. The number of fused-ring (bicyclic) bond motifs is 1. The number of hydrogen-bond donors (Lipinski definition) is 0. The van der Waals surface area contributed by atoms with Gasteiger partial charge in [0.2, 0.25) is 0 Å². The van der Waals surface area contributed by atoms with E-state index >= 15 is 0 Å². The molecule has 0 N–H and O–H groups in total. The number of carbonyl (C=O) groups excluding carboxylic acids is 1. The molecule has 0 saturated carbocycles. The van der Waals surface area contributed by atoms with Crippen molar-refractivity contribution in [3.63, 3.8) is 0 Å². The molecular formula is C23H18FN3O6. The molecule has 4 rings (SSSR count). The molecule has 0 aliphatic heterocycles. The van der Waals surface area contributed by atoms with E-state index in [0.29, 0.717) is 22.4 Å². The first-order valence-corrected chi connectivity index (χ1v) is 9.82. The number of halogens is 1. The Morgan fingerprint density at radius 3 is 2.33 bits per heavy atom. The molecule has 33 heavy (non-hydrogen) atoms. The summed E-state index contributed by atoms with van der Waals surface area (Å²) in [5.41, 5.74) is 0.970. The van der Waals surface area contributed by atoms with Crippen molar-refractivity contribution in [1.82, 2.24) is 9.36 Å². The summed E-state index contributed by atoms with van der Waals surface area (Å²) in [6, 6.07) is 16.1. The van der Waals surface area contributed by atoms with Crippen molar-refractivity contribution >= 4 is 22.7 Å². The molecule has 3 aromatic carbocycles. The third-order valence-corrected chi connectivity index (χ3v) is 5.07. The van der Waals surface area contributed by atoms with Crippen molar-refractivity contribution in [2.75, 3.05) is 7.11 Å². The molecule has 0 saturated heterocycles. The zero-order valence-corrected chi connectivity index (χ0v) is 17.4. The van der Waals surface area contributed by atoms with Crippen LogP contribution in [0.25, 0.3) is 10.9 Å². The van der Waals surface area contributed by atoms with Gasteiger partial charge in [-0.15, -0.1) is 4.68 Å². The van der Waals surface area contributed by atoms with Crippen LogP contribution in [0, 0.1) is 15.9 Å². The predicted molar refractivity (Wildman–Crippen MR) is 117 cm³/mol. The first-order chi connectivity index (χ1) is 15.9. The number of ether oxygens (including phenoxy) is 2. The van der Waals surface area contributed by atoms with Crippen LogP contribution in [0.2, 0.25) is 0 Å². The number of methoxy groups -OCH3 is 1. The second-order valence-electron chi connectivity index (χ2n) is 7.16. The van der Waals surface area contributed by atoms with Crippen LogP contribution in [0.4, 0.5) is 14.9 Å². The number of aromatic nitrogens is 2. The molecule has 0 amide bonds. The number of rotatable bonds is 6. The Hall–Kier alpha value is -4.47. The highest BCUT2D eigenvalue weighted by atomic mass is 19.1. The van der Waals surface area contributed by atoms with Crippen LogP contribution in [-0.2, 0) is 17.9 Å². The highest BCUT2D eigenvalue weighted by Crippen LogP contribution is 2.21. The number of nitro groups is 1. The van der Waals surface area contributed by atoms with Crippen molar-refractivity contribution in [2.45, 2.75) is 13.2 Å². The van der Waals surface area contributed by atoms with E-state index in [-0.39, 0.29) is 24.2 Å². The van der Waals surface area contributed by atoms with E-state index in [2.05, 4.69) is 0 Å². The van der Waals surface area contributed by atoms with Gasteiger partial charge >= 0.3 is 6.09 Å². The Balaban J connectivity index is 1.69. The predicted octanol–water partition coefficient (Wildman–Crippen LogP) is 4.09. The van der Waals surface area contributed by atoms with E-state index in [1.54, 1.807) is 24.3 Å². The molecule has 0 fully saturated rings. The largest absolute Gasteiger partial charge is 0.497 e. The summed E-state index contributed by atoms with van der Waals surface area (Å²) in [6.07, 6.45) is -0.921. The third-order valence-electron chi connectivity index (χ3n) is 5.07. The number of nitro benzene ring substituents is 1. The van der Waals surface area contributed by atoms with Gasteiger partial charge in [0, 0.05) is 12.1 Å². The van der Waals surface area contributed by atoms with E-state index in [1.807, 2.05) is 0 Å². The normalized spacial score (nSPS) is 10.8. The molecule has 0 unspecified atom stereocenters. The fourth-order valence-corrected chi connectivity index (χ4v) is 3.39. The number of hydrogen-bond acceptors (Lipinski definition) is 6. The standard InChI is InChI=1S/C23H18FN3O6/c1-32-19-10-11-21-20(12-19)22(28)26(25(21)13-15-2-6-17(24)7-3-15)23(29)33-14-16-4-8-18(9-5-16)27(30)31/h2-12H,13-14H2,1H3. The molecule has 0 radical (unpaired) electrons. The molecule has 4 aromatic rings. The minimum atomic E-state index is -0.921. The van der Waals surface area contributed by atoms with Gasteiger partial charge in [0.1, 0.15) is 18.2 Å². The van der Waals surface area contributed by atoms with Crippen molar-refractivity contribution in [3.8, 4) is 5.75 Å². The lowest BCUT2D eigenvalue weighted by molar-refractivity contribution is -0.384. The van der Waals surface area contributed by atoms with Gasteiger partial charge in [-0.1, -0.05) is 12.1 Å². The fraction of sp³-hybridized carbons (Fsp3) is 0.130. The number of non-ortho nitro benzene ring substituents is 1. The molecule has 10 heteroatoms. The van der Waals surface area contributed by atoms with Gasteiger partial charge in [0.25, 0.3) is 11.2 Å². The van der Waals surface area contributed by atoms with Gasteiger partial charge in [0.05, 0.1) is 29.5 Å². The van der Waals surface area contributed by atoms with Crippen LogP contribution < -0.4 is 10.3 Å². The molecule has 9 nitrogen and oxygen atoms in total. The van der Waals surface area contributed by atoms with Gasteiger partial charge in [-0.3, -0.25) is 19.6 Å². The van der Waals surface area contributed by atoms with Gasteiger partial charge in [-0.05, 0) is 53.6 Å². The molecule has 1 heterocycles. The second kappa shape index (κ2) is 8.95. The maximum absolute atomic E-state index is 13.3. The minimum Gasteiger partial charge on any atom is -0.497 e. The summed E-state index contributed by atoms with van der Waals surface area (Å²) in [6.45, 7) is -0.0807. The SMILES string of the molecule is COc1ccc2c(c1)c(=O)n(C(=O)OCc1ccc([N+](=O)[O-])cc1)n2Cc1ccc(F)cc1. The van der Waals surface area contributed by atoms with Crippen LogP contribution >= 0.6 is 0 Å². The lowest BCUT2D eigenvalue weighted by Gasteiger charge is -2.12. The molecule has 0 spiro atoms. The van der Waals surface area contributed by atoms with Crippen LogP contribution in [0.1, 0.15) is 11.1 Å². The smallest absolute Gasteiger partial charge is 0.436 e. The van der Waals surface area contributed by atoms with Crippen LogP contribution in [0.5, 0.6) is 5.75 Å². The molecule has 0 aliphatic carbocycles. The average Bonchev–Trinajstić information content (AvgIpc) is 3.10. The summed E-state index contributed by atoms with van der Waals surface area (Å²) in [5, 5.41) is 11.0. The van der Waals surface area contributed by atoms with Crippen molar-refractivity contribution in [1.29, 1.82) is 0 Å². The molecule has 168 valence electrons. The van der Waals surface area contributed by atoms with E-state index in [4.69, 9.17) is 9.47 Å². The van der Waals surface area contributed by atoms with Gasteiger partial charge < -0.3 is 9.47 Å². The van der Waals surface area contributed by atoms with Gasteiger partial charge in [-0.2, -0.15) is 0 Å². The quantitative estimate of drug-likeness (QED) is 0.323. The van der Waals surface area contributed by atoms with Crippen LogP contribution in [0.3, 0.4) is 0 Å². The third kappa shape index (κ3) is 4.45. The maximum Gasteiger partial charge on any atom is 0.436 e. The van der Waals surface area contributed by atoms with E-state index in [0.717, 1.165) is 4.68 Å². The number of carbonyl (C=O) groups is 1. The van der Waals surface area contributed by atoms with Crippen molar-refractivity contribution in [2.24, 2.45) is 0 Å². The lowest BCUT2D eigenvalue weighted by atomic mass is 10.2. The topological polar surface area (TPSA) is 106 Å². The van der Waals surface area contributed by atoms with Crippen molar-refractivity contribution in [3.05, 3.63) is 104 Å². The van der Waals surface area contributed by atoms with Crippen LogP contribution in [-0.4, -0.2) is 27.5 Å². The summed E-state index contributed by atoms with van der Waals surface area (Å²) >= 11 is 0. The summed E-state index contributed by atoms with van der Waals surface area (Å²) in [5.74, 6) is 0.0469. The average molecular weight is 451 g/mol. The van der Waals surface area contributed by atoms with Crippen LogP contribution in [0.15, 0.2) is 71.5 Å². The maximum atomic E-state index is 13.3. The zero-order valence-electron chi connectivity index (χ0n) is 17.4.